The molecule has 0 fully saturated rings. The second-order valence-electron chi connectivity index (χ2n) is 5.69. The van der Waals surface area contributed by atoms with Crippen molar-refractivity contribution >= 4 is 12.0 Å². The van der Waals surface area contributed by atoms with Crippen LogP contribution in [-0.4, -0.2) is 34.9 Å². The Morgan fingerprint density at radius 2 is 2.38 bits per heavy atom. The third-order valence-corrected chi connectivity index (χ3v) is 3.69. The smallest absolute Gasteiger partial charge is 0.250 e. The van der Waals surface area contributed by atoms with Gasteiger partial charge in [0.1, 0.15) is 18.1 Å². The maximum Gasteiger partial charge on any atom is 0.250 e. The summed E-state index contributed by atoms with van der Waals surface area (Å²) in [6, 6.07) is 7.45. The Morgan fingerprint density at radius 1 is 1.50 bits per heavy atom. The first-order valence-corrected chi connectivity index (χ1v) is 8.04. The number of carbonyl (C=O) groups is 1. The minimum Gasteiger partial charge on any atom is -0.494 e. The second kappa shape index (κ2) is 7.21. The lowest BCUT2D eigenvalue weighted by Gasteiger charge is -2.20. The summed E-state index contributed by atoms with van der Waals surface area (Å²) < 4.78 is 13.0. The number of hydrogen-bond donors (Lipinski definition) is 1. The van der Waals surface area contributed by atoms with Crippen LogP contribution in [0.1, 0.15) is 19.4 Å². The van der Waals surface area contributed by atoms with Crippen LogP contribution >= 0.6 is 0 Å². The Kier molecular flexibility index (Phi) is 4.84. The van der Waals surface area contributed by atoms with E-state index in [0.717, 1.165) is 17.1 Å². The van der Waals surface area contributed by atoms with Crippen LogP contribution in [0.25, 0.3) is 6.08 Å². The molecular weight excluding hydrogens is 306 g/mol. The first kappa shape index (κ1) is 16.1. The largest absolute Gasteiger partial charge is 0.494 e. The van der Waals surface area contributed by atoms with Crippen LogP contribution in [0.15, 0.2) is 42.2 Å². The standard InChI is InChI=1S/C18H21N3O3/c1-3-23-16-5-6-17-14(10-16)9-15(12-24-17)18(22)20-13(2)11-21-8-4-7-19-21/h4-10,13H,3,11-12H2,1-2H3,(H,20,22)/t13-/m0/s1. The molecule has 2 heterocycles. The van der Waals surface area contributed by atoms with Crippen molar-refractivity contribution in [2.45, 2.75) is 26.4 Å². The van der Waals surface area contributed by atoms with Gasteiger partial charge in [-0.2, -0.15) is 5.10 Å². The van der Waals surface area contributed by atoms with Gasteiger partial charge < -0.3 is 14.8 Å². The van der Waals surface area contributed by atoms with Gasteiger partial charge in [-0.15, -0.1) is 0 Å². The van der Waals surface area contributed by atoms with Crippen LogP contribution in [0.5, 0.6) is 11.5 Å². The van der Waals surface area contributed by atoms with Crippen LogP contribution in [0, 0.1) is 0 Å². The molecule has 0 bridgehead atoms. The van der Waals surface area contributed by atoms with E-state index in [1.807, 2.05) is 50.4 Å². The highest BCUT2D eigenvalue weighted by Crippen LogP contribution is 2.30. The molecule has 1 amide bonds. The fourth-order valence-corrected chi connectivity index (χ4v) is 2.59. The SMILES string of the molecule is CCOc1ccc2c(c1)C=C(C(=O)N[C@@H](C)Cn1cccn1)CO2. The Bertz CT molecular complexity index is 738. The Hall–Kier alpha value is -2.76. The van der Waals surface area contributed by atoms with E-state index in [4.69, 9.17) is 9.47 Å². The number of amides is 1. The molecule has 2 aromatic rings. The maximum atomic E-state index is 12.4. The summed E-state index contributed by atoms with van der Waals surface area (Å²) in [5.41, 5.74) is 1.46. The van der Waals surface area contributed by atoms with E-state index >= 15 is 0 Å². The van der Waals surface area contributed by atoms with Gasteiger partial charge in [-0.25, -0.2) is 0 Å². The molecule has 0 saturated carbocycles. The lowest BCUT2D eigenvalue weighted by molar-refractivity contribution is -0.118. The molecule has 1 aromatic carbocycles. The quantitative estimate of drug-likeness (QED) is 0.884. The maximum absolute atomic E-state index is 12.4. The normalized spacial score (nSPS) is 14.2. The monoisotopic (exact) mass is 327 g/mol. The van der Waals surface area contributed by atoms with Crippen molar-refractivity contribution < 1.29 is 14.3 Å². The van der Waals surface area contributed by atoms with E-state index in [0.29, 0.717) is 18.7 Å². The van der Waals surface area contributed by atoms with Gasteiger partial charge in [0.2, 0.25) is 0 Å². The zero-order valence-electron chi connectivity index (χ0n) is 13.9. The molecule has 6 heteroatoms. The van der Waals surface area contributed by atoms with E-state index in [-0.39, 0.29) is 18.6 Å². The molecule has 1 aliphatic heterocycles. The minimum absolute atomic E-state index is 0.0329. The second-order valence-corrected chi connectivity index (χ2v) is 5.69. The number of rotatable bonds is 6. The van der Waals surface area contributed by atoms with E-state index < -0.39 is 0 Å². The van der Waals surface area contributed by atoms with Gasteiger partial charge in [0, 0.05) is 24.0 Å². The predicted octanol–water partition coefficient (Wildman–Crippen LogP) is 2.26. The number of nitrogens with zero attached hydrogens (tertiary/aromatic N) is 2. The molecular formula is C18H21N3O3. The van der Waals surface area contributed by atoms with Gasteiger partial charge in [0.15, 0.2) is 0 Å². The highest BCUT2D eigenvalue weighted by molar-refractivity contribution is 5.99. The van der Waals surface area contributed by atoms with Crippen molar-refractivity contribution in [3.63, 3.8) is 0 Å². The van der Waals surface area contributed by atoms with E-state index in [2.05, 4.69) is 10.4 Å². The van der Waals surface area contributed by atoms with Gasteiger partial charge >= 0.3 is 0 Å². The van der Waals surface area contributed by atoms with Crippen molar-refractivity contribution in [1.82, 2.24) is 15.1 Å². The van der Waals surface area contributed by atoms with Crippen LogP contribution in [0.3, 0.4) is 0 Å². The van der Waals surface area contributed by atoms with Gasteiger partial charge in [-0.3, -0.25) is 9.48 Å². The summed E-state index contributed by atoms with van der Waals surface area (Å²) in [4.78, 5) is 12.4. The predicted molar refractivity (Wildman–Crippen MR) is 90.9 cm³/mol. The molecule has 0 radical (unpaired) electrons. The van der Waals surface area contributed by atoms with Crippen molar-refractivity contribution in [2.75, 3.05) is 13.2 Å². The summed E-state index contributed by atoms with van der Waals surface area (Å²) in [6.45, 7) is 5.37. The van der Waals surface area contributed by atoms with Gasteiger partial charge in [0.25, 0.3) is 5.91 Å². The van der Waals surface area contributed by atoms with E-state index in [1.165, 1.54) is 0 Å². The molecule has 0 spiro atoms. The first-order chi connectivity index (χ1) is 11.7. The fourth-order valence-electron chi connectivity index (χ4n) is 2.59. The molecule has 1 aromatic heterocycles. The fraction of sp³-hybridized carbons (Fsp3) is 0.333. The average molecular weight is 327 g/mol. The van der Waals surface area contributed by atoms with Crippen LogP contribution in [0.2, 0.25) is 0 Å². The van der Waals surface area contributed by atoms with Crippen molar-refractivity contribution in [1.29, 1.82) is 0 Å². The molecule has 3 rings (SSSR count). The van der Waals surface area contributed by atoms with Crippen LogP contribution < -0.4 is 14.8 Å². The summed E-state index contributed by atoms with van der Waals surface area (Å²) in [5, 5.41) is 7.12. The lowest BCUT2D eigenvalue weighted by atomic mass is 10.1. The highest BCUT2D eigenvalue weighted by Gasteiger charge is 2.19. The third kappa shape index (κ3) is 3.76. The molecule has 126 valence electrons. The van der Waals surface area contributed by atoms with Crippen molar-refractivity contribution in [2.24, 2.45) is 0 Å². The molecule has 0 aliphatic carbocycles. The molecule has 1 aliphatic rings. The number of aromatic nitrogens is 2. The Morgan fingerprint density at radius 3 is 3.12 bits per heavy atom. The number of benzene rings is 1. The zero-order chi connectivity index (χ0) is 16.9. The van der Waals surface area contributed by atoms with Crippen molar-refractivity contribution in [3.8, 4) is 11.5 Å². The number of carbonyl (C=O) groups excluding carboxylic acids is 1. The zero-order valence-corrected chi connectivity index (χ0v) is 13.9. The molecule has 0 saturated heterocycles. The number of fused-ring (bicyclic) bond motifs is 1. The Labute approximate surface area is 141 Å². The van der Waals surface area contributed by atoms with Crippen LogP contribution in [0.4, 0.5) is 0 Å². The molecule has 1 atom stereocenters. The summed E-state index contributed by atoms with van der Waals surface area (Å²) >= 11 is 0. The number of hydrogen-bond acceptors (Lipinski definition) is 4. The van der Waals surface area contributed by atoms with E-state index in [1.54, 1.807) is 10.9 Å². The third-order valence-electron chi connectivity index (χ3n) is 3.69. The van der Waals surface area contributed by atoms with Gasteiger partial charge in [0.05, 0.1) is 18.7 Å². The summed E-state index contributed by atoms with van der Waals surface area (Å²) in [7, 11) is 0. The molecule has 6 nitrogen and oxygen atoms in total. The lowest BCUT2D eigenvalue weighted by Crippen LogP contribution is -2.38. The highest BCUT2D eigenvalue weighted by atomic mass is 16.5. The van der Waals surface area contributed by atoms with E-state index in [9.17, 15) is 4.79 Å². The topological polar surface area (TPSA) is 65.4 Å². The molecule has 0 unspecified atom stereocenters. The average Bonchev–Trinajstić information content (AvgIpc) is 3.07. The number of nitrogens with one attached hydrogen (secondary N) is 1. The number of ether oxygens (including phenoxy) is 2. The van der Waals surface area contributed by atoms with Crippen molar-refractivity contribution in [3.05, 3.63) is 47.8 Å². The summed E-state index contributed by atoms with van der Waals surface area (Å²) in [6.07, 6.45) is 5.45. The summed E-state index contributed by atoms with van der Waals surface area (Å²) in [5.74, 6) is 1.41. The molecule has 1 N–H and O–H groups in total. The minimum atomic E-state index is -0.123. The first-order valence-electron chi connectivity index (χ1n) is 8.04. The van der Waals surface area contributed by atoms with Gasteiger partial charge in [-0.1, -0.05) is 0 Å². The van der Waals surface area contributed by atoms with Crippen LogP contribution in [-0.2, 0) is 11.3 Å². The molecule has 24 heavy (non-hydrogen) atoms. The van der Waals surface area contributed by atoms with Gasteiger partial charge in [-0.05, 0) is 44.2 Å². The Balaban J connectivity index is 1.67.